The summed E-state index contributed by atoms with van der Waals surface area (Å²) in [7, 11) is -1.45. The minimum atomic E-state index is -3.16. The van der Waals surface area contributed by atoms with Crippen molar-refractivity contribution in [1.82, 2.24) is 15.4 Å². The third-order valence-electron chi connectivity index (χ3n) is 4.54. The van der Waals surface area contributed by atoms with Crippen LogP contribution in [-0.2, 0) is 10.0 Å². The molecule has 1 aliphatic rings. The van der Waals surface area contributed by atoms with E-state index in [-0.39, 0.29) is 11.8 Å². The Morgan fingerprint density at radius 2 is 2.00 bits per heavy atom. The lowest BCUT2D eigenvalue weighted by atomic mass is 10.1. The second-order valence-electron chi connectivity index (χ2n) is 6.45. The van der Waals surface area contributed by atoms with Crippen LogP contribution >= 0.6 is 0 Å². The number of rotatable bonds is 8. The fraction of sp³-hybridized carbons (Fsp3) is 0.611. The van der Waals surface area contributed by atoms with Gasteiger partial charge in [-0.1, -0.05) is 12.1 Å². The Labute approximate surface area is 157 Å². The van der Waals surface area contributed by atoms with Crippen LogP contribution in [0, 0.1) is 0 Å². The first-order chi connectivity index (χ1) is 12.4. The molecule has 0 saturated carbocycles. The van der Waals surface area contributed by atoms with E-state index >= 15 is 0 Å². The van der Waals surface area contributed by atoms with Crippen molar-refractivity contribution in [2.24, 2.45) is 4.99 Å². The molecule has 0 bridgehead atoms. The van der Waals surface area contributed by atoms with Crippen molar-refractivity contribution in [2.45, 2.75) is 32.7 Å². The van der Waals surface area contributed by atoms with Crippen LogP contribution in [-0.4, -0.2) is 53.4 Å². The van der Waals surface area contributed by atoms with E-state index in [4.69, 9.17) is 0 Å². The number of nitrogens with zero attached hydrogens (tertiary/aromatic N) is 2. The van der Waals surface area contributed by atoms with E-state index in [1.54, 1.807) is 14.0 Å². The zero-order chi connectivity index (χ0) is 19.0. The Morgan fingerprint density at radius 3 is 2.65 bits per heavy atom. The molecule has 1 unspecified atom stereocenters. The lowest BCUT2D eigenvalue weighted by Crippen LogP contribution is -2.42. The topological polar surface area (TPSA) is 85.8 Å². The molecule has 3 N–H and O–H groups in total. The predicted molar refractivity (Wildman–Crippen MR) is 108 cm³/mol. The van der Waals surface area contributed by atoms with Gasteiger partial charge in [0.1, 0.15) is 0 Å². The number of guanidine groups is 1. The van der Waals surface area contributed by atoms with E-state index in [1.165, 1.54) is 24.1 Å². The van der Waals surface area contributed by atoms with Gasteiger partial charge in [0, 0.05) is 38.9 Å². The first kappa shape index (κ1) is 20.5. The Bertz CT molecular complexity index is 699. The Kier molecular flexibility index (Phi) is 7.71. The SMILES string of the molecule is CCS(=O)(=O)NCCNC(=NC)NC(C)c1cccc(N2CCCC2)c1. The van der Waals surface area contributed by atoms with Crippen LogP contribution in [0.15, 0.2) is 29.3 Å². The maximum absolute atomic E-state index is 11.4. The molecule has 0 radical (unpaired) electrons. The molecule has 7 nitrogen and oxygen atoms in total. The lowest BCUT2D eigenvalue weighted by Gasteiger charge is -2.22. The monoisotopic (exact) mass is 381 g/mol. The number of nitrogens with one attached hydrogen (secondary N) is 3. The van der Waals surface area contributed by atoms with E-state index < -0.39 is 10.0 Å². The van der Waals surface area contributed by atoms with Gasteiger partial charge in [0.25, 0.3) is 0 Å². The number of anilines is 1. The van der Waals surface area contributed by atoms with E-state index in [0.29, 0.717) is 19.0 Å². The van der Waals surface area contributed by atoms with E-state index in [2.05, 4.69) is 56.4 Å². The molecule has 1 heterocycles. The summed E-state index contributed by atoms with van der Waals surface area (Å²) in [5.74, 6) is 0.740. The molecule has 8 heteroatoms. The van der Waals surface area contributed by atoms with Crippen molar-refractivity contribution in [3.05, 3.63) is 29.8 Å². The number of hydrogen-bond donors (Lipinski definition) is 3. The van der Waals surface area contributed by atoms with Gasteiger partial charge in [-0.05, 0) is 44.4 Å². The van der Waals surface area contributed by atoms with Gasteiger partial charge in [-0.25, -0.2) is 13.1 Å². The standard InChI is InChI=1S/C18H31N5O2S/c1-4-26(24,25)21-11-10-20-18(19-3)22-15(2)16-8-7-9-17(14-16)23-12-5-6-13-23/h7-9,14-15,21H,4-6,10-13H2,1-3H3,(H2,19,20,22). The van der Waals surface area contributed by atoms with Crippen molar-refractivity contribution in [1.29, 1.82) is 0 Å². The predicted octanol–water partition coefficient (Wildman–Crippen LogP) is 1.45. The minimum Gasteiger partial charge on any atom is -0.372 e. The highest BCUT2D eigenvalue weighted by atomic mass is 32.2. The van der Waals surface area contributed by atoms with Crippen LogP contribution in [0.2, 0.25) is 0 Å². The zero-order valence-electron chi connectivity index (χ0n) is 16.0. The van der Waals surface area contributed by atoms with E-state index in [1.807, 2.05) is 0 Å². The summed E-state index contributed by atoms with van der Waals surface area (Å²) in [4.78, 5) is 6.63. The second kappa shape index (κ2) is 9.78. The first-order valence-electron chi connectivity index (χ1n) is 9.24. The fourth-order valence-corrected chi connectivity index (χ4v) is 3.56. The number of aliphatic imine (C=N–C) groups is 1. The van der Waals surface area contributed by atoms with Gasteiger partial charge in [-0.3, -0.25) is 4.99 Å². The van der Waals surface area contributed by atoms with Crippen molar-refractivity contribution < 1.29 is 8.42 Å². The quantitative estimate of drug-likeness (QED) is 0.361. The van der Waals surface area contributed by atoms with Crippen LogP contribution < -0.4 is 20.3 Å². The fourth-order valence-electron chi connectivity index (χ4n) is 2.94. The normalized spacial score (nSPS) is 16.6. The van der Waals surface area contributed by atoms with Gasteiger partial charge < -0.3 is 15.5 Å². The highest BCUT2D eigenvalue weighted by molar-refractivity contribution is 7.89. The minimum absolute atomic E-state index is 0.0877. The maximum atomic E-state index is 11.4. The number of hydrogen-bond acceptors (Lipinski definition) is 4. The average Bonchev–Trinajstić information content (AvgIpc) is 3.19. The Morgan fingerprint density at radius 1 is 1.27 bits per heavy atom. The van der Waals surface area contributed by atoms with Crippen molar-refractivity contribution >= 4 is 21.7 Å². The molecule has 146 valence electrons. The molecule has 1 atom stereocenters. The molecule has 1 saturated heterocycles. The molecule has 2 rings (SSSR count). The van der Waals surface area contributed by atoms with Gasteiger partial charge in [0.05, 0.1) is 11.8 Å². The molecule has 1 fully saturated rings. The molecule has 26 heavy (non-hydrogen) atoms. The average molecular weight is 382 g/mol. The summed E-state index contributed by atoms with van der Waals surface area (Å²) in [6, 6.07) is 8.69. The molecule has 0 spiro atoms. The zero-order valence-corrected chi connectivity index (χ0v) is 16.8. The molecule has 0 aromatic heterocycles. The summed E-state index contributed by atoms with van der Waals surface area (Å²) in [5, 5.41) is 6.49. The highest BCUT2D eigenvalue weighted by Crippen LogP contribution is 2.23. The van der Waals surface area contributed by atoms with Crippen LogP contribution in [0.1, 0.15) is 38.3 Å². The van der Waals surface area contributed by atoms with Gasteiger partial charge in [0.2, 0.25) is 10.0 Å². The molecule has 0 aliphatic carbocycles. The maximum Gasteiger partial charge on any atom is 0.211 e. The molecular weight excluding hydrogens is 350 g/mol. The summed E-state index contributed by atoms with van der Waals surface area (Å²) < 4.78 is 25.4. The van der Waals surface area contributed by atoms with Gasteiger partial charge in [-0.15, -0.1) is 0 Å². The first-order valence-corrected chi connectivity index (χ1v) is 10.9. The lowest BCUT2D eigenvalue weighted by molar-refractivity contribution is 0.581. The summed E-state index contributed by atoms with van der Waals surface area (Å²) in [5.41, 5.74) is 2.47. The third-order valence-corrected chi connectivity index (χ3v) is 5.94. The largest absolute Gasteiger partial charge is 0.372 e. The van der Waals surface area contributed by atoms with Crippen LogP contribution in [0.25, 0.3) is 0 Å². The third kappa shape index (κ3) is 6.17. The number of sulfonamides is 1. The van der Waals surface area contributed by atoms with Gasteiger partial charge >= 0.3 is 0 Å². The molecule has 1 aliphatic heterocycles. The van der Waals surface area contributed by atoms with Crippen LogP contribution in [0.4, 0.5) is 5.69 Å². The second-order valence-corrected chi connectivity index (χ2v) is 8.55. The molecule has 1 aromatic carbocycles. The van der Waals surface area contributed by atoms with Crippen LogP contribution in [0.3, 0.4) is 0 Å². The van der Waals surface area contributed by atoms with Crippen molar-refractivity contribution in [3.63, 3.8) is 0 Å². The van der Waals surface area contributed by atoms with Gasteiger partial charge in [0.15, 0.2) is 5.96 Å². The molecular formula is C18H31N5O2S. The van der Waals surface area contributed by atoms with Crippen LogP contribution in [0.5, 0.6) is 0 Å². The smallest absolute Gasteiger partial charge is 0.211 e. The van der Waals surface area contributed by atoms with Gasteiger partial charge in [-0.2, -0.15) is 0 Å². The summed E-state index contributed by atoms with van der Waals surface area (Å²) >= 11 is 0. The number of benzene rings is 1. The summed E-state index contributed by atoms with van der Waals surface area (Å²) in [6.07, 6.45) is 2.52. The highest BCUT2D eigenvalue weighted by Gasteiger charge is 2.14. The Balaban J connectivity index is 1.86. The Hall–Kier alpha value is -1.80. The molecule has 1 aromatic rings. The van der Waals surface area contributed by atoms with E-state index in [9.17, 15) is 8.42 Å². The molecule has 0 amide bonds. The summed E-state index contributed by atoms with van der Waals surface area (Å²) in [6.45, 7) is 6.77. The van der Waals surface area contributed by atoms with Crippen molar-refractivity contribution in [2.75, 3.05) is 43.9 Å². The van der Waals surface area contributed by atoms with Crippen molar-refractivity contribution in [3.8, 4) is 0 Å². The van der Waals surface area contributed by atoms with E-state index in [0.717, 1.165) is 13.1 Å².